The maximum atomic E-state index is 12.6. The van der Waals surface area contributed by atoms with Gasteiger partial charge in [-0.05, 0) is 31.0 Å². The number of benzene rings is 2. The summed E-state index contributed by atoms with van der Waals surface area (Å²) in [5.41, 5.74) is 2.15. The molecule has 0 aliphatic rings. The van der Waals surface area contributed by atoms with Crippen LogP contribution in [0.3, 0.4) is 0 Å². The van der Waals surface area contributed by atoms with Crippen molar-refractivity contribution < 1.29 is 24.0 Å². The first-order valence-electron chi connectivity index (χ1n) is 9.38. The first-order chi connectivity index (χ1) is 14.0. The SMILES string of the molecule is CCOC(=O)c1c(C)oc2c1c(C=[NH+]c1cccc(C)n1)c(O)c1ccccc12. The minimum Gasteiger partial charge on any atom is -0.507 e. The van der Waals surface area contributed by atoms with Gasteiger partial charge >= 0.3 is 11.8 Å². The molecule has 0 fully saturated rings. The smallest absolute Gasteiger partial charge is 0.342 e. The van der Waals surface area contributed by atoms with Crippen LogP contribution in [0, 0.1) is 13.8 Å². The van der Waals surface area contributed by atoms with E-state index in [0.717, 1.165) is 11.1 Å². The van der Waals surface area contributed by atoms with E-state index in [1.165, 1.54) is 0 Å². The van der Waals surface area contributed by atoms with Crippen molar-refractivity contribution in [3.05, 3.63) is 65.0 Å². The van der Waals surface area contributed by atoms with Gasteiger partial charge in [0.2, 0.25) is 0 Å². The van der Waals surface area contributed by atoms with E-state index >= 15 is 0 Å². The van der Waals surface area contributed by atoms with Crippen LogP contribution in [0.5, 0.6) is 5.75 Å². The Morgan fingerprint density at radius 3 is 2.66 bits per heavy atom. The predicted octanol–water partition coefficient (Wildman–Crippen LogP) is 3.31. The van der Waals surface area contributed by atoms with Crippen LogP contribution in [0.4, 0.5) is 5.82 Å². The molecule has 4 aromatic rings. The number of ether oxygens (including phenoxy) is 1. The van der Waals surface area contributed by atoms with E-state index < -0.39 is 5.97 Å². The zero-order valence-corrected chi connectivity index (χ0v) is 16.4. The fourth-order valence-electron chi connectivity index (χ4n) is 3.50. The van der Waals surface area contributed by atoms with Gasteiger partial charge in [0.25, 0.3) is 0 Å². The fraction of sp³-hybridized carbons (Fsp3) is 0.174. The van der Waals surface area contributed by atoms with Crippen LogP contribution in [0.1, 0.15) is 34.3 Å². The van der Waals surface area contributed by atoms with Gasteiger partial charge in [-0.15, -0.1) is 0 Å². The number of nitrogens with one attached hydrogen (secondary N) is 1. The van der Waals surface area contributed by atoms with Crippen LogP contribution in [0.25, 0.3) is 21.7 Å². The summed E-state index contributed by atoms with van der Waals surface area (Å²) in [5.74, 6) is 0.641. The Kier molecular flexibility index (Phi) is 4.76. The molecule has 0 atom stereocenters. The monoisotopic (exact) mass is 389 g/mol. The summed E-state index contributed by atoms with van der Waals surface area (Å²) >= 11 is 0. The summed E-state index contributed by atoms with van der Waals surface area (Å²) in [6.07, 6.45) is 1.64. The number of carbonyl (C=O) groups is 1. The number of fused-ring (bicyclic) bond motifs is 3. The van der Waals surface area contributed by atoms with Crippen LogP contribution >= 0.6 is 0 Å². The van der Waals surface area contributed by atoms with Crippen molar-refractivity contribution in [2.45, 2.75) is 20.8 Å². The van der Waals surface area contributed by atoms with Gasteiger partial charge in [-0.25, -0.2) is 9.79 Å². The molecule has 2 heterocycles. The van der Waals surface area contributed by atoms with Crippen LogP contribution in [0.2, 0.25) is 0 Å². The first-order valence-corrected chi connectivity index (χ1v) is 9.38. The van der Waals surface area contributed by atoms with Gasteiger partial charge in [0, 0.05) is 23.8 Å². The van der Waals surface area contributed by atoms with Crippen molar-refractivity contribution in [3.8, 4) is 5.75 Å². The molecule has 0 unspecified atom stereocenters. The second-order valence-corrected chi connectivity index (χ2v) is 6.72. The molecule has 0 amide bonds. The maximum absolute atomic E-state index is 12.6. The number of furan rings is 1. The minimum absolute atomic E-state index is 0.0552. The van der Waals surface area contributed by atoms with E-state index in [0.29, 0.717) is 39.1 Å². The number of phenols is 1. The third-order valence-electron chi connectivity index (χ3n) is 4.77. The Bertz CT molecular complexity index is 1270. The number of hydrogen-bond acceptors (Lipinski definition) is 5. The zero-order chi connectivity index (χ0) is 20.5. The quantitative estimate of drug-likeness (QED) is 0.413. The first kappa shape index (κ1) is 18.7. The highest BCUT2D eigenvalue weighted by molar-refractivity contribution is 6.20. The molecular weight excluding hydrogens is 368 g/mol. The normalized spacial score (nSPS) is 11.6. The lowest BCUT2D eigenvalue weighted by Gasteiger charge is -2.07. The molecule has 2 aromatic heterocycles. The average Bonchev–Trinajstić information content (AvgIpc) is 3.05. The summed E-state index contributed by atoms with van der Waals surface area (Å²) in [7, 11) is 0. The molecule has 4 rings (SSSR count). The van der Waals surface area contributed by atoms with Crippen molar-refractivity contribution in [2.24, 2.45) is 0 Å². The van der Waals surface area contributed by atoms with E-state index in [1.807, 2.05) is 49.4 Å². The number of phenolic OH excluding ortho intramolecular Hbond substituents is 1. The van der Waals surface area contributed by atoms with Gasteiger partial charge in [0.05, 0.1) is 23.8 Å². The highest BCUT2D eigenvalue weighted by Crippen LogP contribution is 2.40. The van der Waals surface area contributed by atoms with E-state index in [9.17, 15) is 9.90 Å². The number of aromatic hydroxyl groups is 1. The van der Waals surface area contributed by atoms with Gasteiger partial charge in [-0.3, -0.25) is 0 Å². The number of aryl methyl sites for hydroxylation is 2. The van der Waals surface area contributed by atoms with Crippen molar-refractivity contribution in [1.29, 1.82) is 0 Å². The second kappa shape index (κ2) is 7.39. The van der Waals surface area contributed by atoms with E-state index in [1.54, 1.807) is 20.1 Å². The molecule has 2 N–H and O–H groups in total. The molecule has 0 spiro atoms. The Morgan fingerprint density at radius 2 is 1.93 bits per heavy atom. The van der Waals surface area contributed by atoms with Gasteiger partial charge in [-0.2, -0.15) is 0 Å². The standard InChI is InChI=1S/C23H20N2O4/c1-4-28-23(27)19-14(3)29-22-16-10-6-5-9-15(16)21(26)17(20(19)22)12-24-18-11-7-8-13(2)25-18/h5-12,26H,4H2,1-3H3/p+1. The molecule has 0 saturated carbocycles. The highest BCUT2D eigenvalue weighted by Gasteiger charge is 2.26. The third kappa shape index (κ3) is 3.23. The number of carbonyl (C=O) groups excluding carboxylic acids is 1. The number of hydrogen-bond donors (Lipinski definition) is 2. The van der Waals surface area contributed by atoms with Crippen molar-refractivity contribution in [2.75, 3.05) is 6.61 Å². The van der Waals surface area contributed by atoms with Gasteiger partial charge in [0.15, 0.2) is 0 Å². The van der Waals surface area contributed by atoms with Gasteiger partial charge in [-0.1, -0.05) is 24.3 Å². The van der Waals surface area contributed by atoms with Crippen LogP contribution in [-0.4, -0.2) is 28.9 Å². The molecule has 0 saturated heterocycles. The molecule has 0 aliphatic carbocycles. The summed E-state index contributed by atoms with van der Waals surface area (Å²) in [4.78, 5) is 20.2. The van der Waals surface area contributed by atoms with Crippen LogP contribution in [0.15, 0.2) is 46.9 Å². The molecule has 146 valence electrons. The van der Waals surface area contributed by atoms with Gasteiger partial charge < -0.3 is 14.3 Å². The Labute approximate surface area is 167 Å². The lowest BCUT2D eigenvalue weighted by Crippen LogP contribution is -2.62. The Hall–Kier alpha value is -3.67. The molecule has 0 aliphatic heterocycles. The molecule has 6 nitrogen and oxygen atoms in total. The number of nitrogens with zero attached hydrogens (tertiary/aromatic N) is 1. The largest absolute Gasteiger partial charge is 0.507 e. The van der Waals surface area contributed by atoms with E-state index in [4.69, 9.17) is 9.15 Å². The molecule has 29 heavy (non-hydrogen) atoms. The highest BCUT2D eigenvalue weighted by atomic mass is 16.5. The molecule has 0 bridgehead atoms. The Balaban J connectivity index is 2.04. The molecule has 2 aromatic carbocycles. The number of pyridine rings is 1. The minimum atomic E-state index is -0.484. The third-order valence-corrected chi connectivity index (χ3v) is 4.77. The summed E-state index contributed by atoms with van der Waals surface area (Å²) in [6, 6.07) is 13.0. The van der Waals surface area contributed by atoms with Crippen molar-refractivity contribution in [1.82, 2.24) is 4.98 Å². The molecule has 6 heteroatoms. The van der Waals surface area contributed by atoms with E-state index in [-0.39, 0.29) is 12.4 Å². The summed E-state index contributed by atoms with van der Waals surface area (Å²) in [6.45, 7) is 5.61. The van der Waals surface area contributed by atoms with Crippen LogP contribution < -0.4 is 4.99 Å². The zero-order valence-electron chi connectivity index (χ0n) is 16.4. The number of rotatable bonds is 4. The fourth-order valence-corrected chi connectivity index (χ4v) is 3.50. The Morgan fingerprint density at radius 1 is 1.17 bits per heavy atom. The summed E-state index contributed by atoms with van der Waals surface area (Å²) < 4.78 is 11.2. The van der Waals surface area contributed by atoms with Crippen LogP contribution in [-0.2, 0) is 4.74 Å². The van der Waals surface area contributed by atoms with E-state index in [2.05, 4.69) is 9.98 Å². The predicted molar refractivity (Wildman–Crippen MR) is 111 cm³/mol. The average molecular weight is 389 g/mol. The molecule has 0 radical (unpaired) electrons. The number of esters is 1. The second-order valence-electron chi connectivity index (χ2n) is 6.72. The summed E-state index contributed by atoms with van der Waals surface area (Å²) in [5, 5.41) is 12.9. The molecular formula is C23H21N2O4+. The van der Waals surface area contributed by atoms with Crippen molar-refractivity contribution >= 4 is 39.7 Å². The lowest BCUT2D eigenvalue weighted by atomic mass is 9.98. The lowest BCUT2D eigenvalue weighted by molar-refractivity contribution is -0.352. The number of aromatic nitrogens is 1. The van der Waals surface area contributed by atoms with Gasteiger partial charge in [0.1, 0.15) is 28.4 Å². The van der Waals surface area contributed by atoms with Crippen molar-refractivity contribution in [3.63, 3.8) is 0 Å². The maximum Gasteiger partial charge on any atom is 0.342 e. The topological polar surface area (TPSA) is 86.5 Å².